The molecule has 3 saturated carbocycles. The Morgan fingerprint density at radius 2 is 2.07 bits per heavy atom. The van der Waals surface area contributed by atoms with Crippen LogP contribution in [0.25, 0.3) is 0 Å². The number of aliphatic hydroxyl groups is 3. The van der Waals surface area contributed by atoms with Gasteiger partial charge in [0.2, 0.25) is 0 Å². The van der Waals surface area contributed by atoms with Crippen molar-refractivity contribution in [1.82, 2.24) is 5.32 Å². The summed E-state index contributed by atoms with van der Waals surface area (Å²) in [5, 5.41) is 36.2. The third-order valence-corrected chi connectivity index (χ3v) is 8.76. The van der Waals surface area contributed by atoms with E-state index in [2.05, 4.69) is 12.2 Å². The Bertz CT molecular complexity index is 790. The summed E-state index contributed by atoms with van der Waals surface area (Å²) in [5.74, 6) is -0.308. The van der Waals surface area contributed by atoms with E-state index in [0.717, 1.165) is 24.8 Å². The van der Waals surface area contributed by atoms with E-state index in [0.29, 0.717) is 19.4 Å². The second kappa shape index (κ2) is 6.76. The smallest absolute Gasteiger partial charge is 0.251 e. The normalized spacial score (nSPS) is 47.0. The van der Waals surface area contributed by atoms with Gasteiger partial charge in [-0.25, -0.2) is 0 Å². The van der Waals surface area contributed by atoms with Crippen LogP contribution >= 0.6 is 0 Å². The van der Waals surface area contributed by atoms with Crippen molar-refractivity contribution >= 4 is 11.7 Å². The zero-order valence-electron chi connectivity index (χ0n) is 17.5. The Hall–Kier alpha value is -1.50. The molecule has 0 radical (unpaired) electrons. The summed E-state index contributed by atoms with van der Waals surface area (Å²) in [5.41, 5.74) is -1.58. The maximum atomic E-state index is 12.4. The Balaban J connectivity index is 1.69. The number of hydrogen-bond donors (Lipinski definition) is 4. The Morgan fingerprint density at radius 3 is 2.76 bits per heavy atom. The van der Waals surface area contributed by atoms with E-state index < -0.39 is 29.1 Å². The first-order valence-electron chi connectivity index (χ1n) is 10.9. The van der Waals surface area contributed by atoms with Crippen molar-refractivity contribution in [3.63, 3.8) is 0 Å². The number of carbonyl (C=O) groups is 2. The van der Waals surface area contributed by atoms with Gasteiger partial charge in [0.15, 0.2) is 11.9 Å². The first kappa shape index (κ1) is 20.8. The van der Waals surface area contributed by atoms with Crippen LogP contribution in [0.3, 0.4) is 0 Å². The third-order valence-electron chi connectivity index (χ3n) is 8.76. The molecule has 8 atom stereocenters. The fourth-order valence-corrected chi connectivity index (χ4v) is 7.30. The quantitative estimate of drug-likeness (QED) is 0.571. The molecule has 0 saturated heterocycles. The molecule has 4 N–H and O–H groups in total. The molecule has 4 aliphatic carbocycles. The average molecular weight is 404 g/mol. The van der Waals surface area contributed by atoms with E-state index in [-0.39, 0.29) is 29.0 Å². The molecule has 0 bridgehead atoms. The molecule has 0 spiro atoms. The monoisotopic (exact) mass is 403 g/mol. The number of aliphatic hydroxyl groups excluding tert-OH is 2. The number of likely N-dealkylation sites (N-methyl/N-ethyl adjacent to an activating group) is 1. The molecule has 1 amide bonds. The van der Waals surface area contributed by atoms with E-state index >= 15 is 0 Å². The maximum Gasteiger partial charge on any atom is 0.251 e. The topological polar surface area (TPSA) is 107 Å². The predicted octanol–water partition coefficient (Wildman–Crippen LogP) is 1.49. The standard InChI is InChI=1S/C23H33NO5/c1-4-24-20(28)19(27)23(29)10-8-16-15-6-5-13-11-14(25)7-9-21(13,2)18(15)17(26)12-22(16,23)3/h7,9,11,15-19,26-27,29H,4-6,8,10,12H2,1-3H3,(H,24,28)/t15-,16?,17-,18?,19?,21-,22-,23-/m0/s1. The fourth-order valence-electron chi connectivity index (χ4n) is 7.30. The van der Waals surface area contributed by atoms with Crippen molar-refractivity contribution in [2.24, 2.45) is 28.6 Å². The summed E-state index contributed by atoms with van der Waals surface area (Å²) in [6.45, 7) is 6.20. The van der Waals surface area contributed by atoms with Crippen LogP contribution in [0.4, 0.5) is 0 Å². The van der Waals surface area contributed by atoms with Gasteiger partial charge in [0.25, 0.3) is 5.91 Å². The van der Waals surface area contributed by atoms with Gasteiger partial charge in [-0.15, -0.1) is 0 Å². The molecule has 3 unspecified atom stereocenters. The van der Waals surface area contributed by atoms with E-state index in [1.165, 1.54) is 0 Å². The lowest BCUT2D eigenvalue weighted by Gasteiger charge is -2.60. The van der Waals surface area contributed by atoms with Crippen LogP contribution in [-0.4, -0.2) is 51.4 Å². The molecule has 160 valence electrons. The van der Waals surface area contributed by atoms with Crippen molar-refractivity contribution in [2.75, 3.05) is 6.54 Å². The molecular weight excluding hydrogens is 370 g/mol. The first-order chi connectivity index (χ1) is 13.6. The lowest BCUT2D eigenvalue weighted by molar-refractivity contribution is -0.200. The van der Waals surface area contributed by atoms with Crippen LogP contribution in [0.1, 0.15) is 52.9 Å². The maximum absolute atomic E-state index is 12.4. The van der Waals surface area contributed by atoms with Crippen LogP contribution in [0.5, 0.6) is 0 Å². The molecule has 0 aromatic carbocycles. The molecule has 6 heteroatoms. The van der Waals surface area contributed by atoms with E-state index in [4.69, 9.17) is 0 Å². The minimum absolute atomic E-state index is 0.00589. The third kappa shape index (κ3) is 2.72. The van der Waals surface area contributed by atoms with E-state index in [1.54, 1.807) is 19.1 Å². The summed E-state index contributed by atoms with van der Waals surface area (Å²) in [7, 11) is 0. The number of allylic oxidation sites excluding steroid dienone is 4. The van der Waals surface area contributed by atoms with E-state index in [1.807, 2.05) is 13.0 Å². The molecule has 4 aliphatic rings. The number of fused-ring (bicyclic) bond motifs is 5. The zero-order valence-corrected chi connectivity index (χ0v) is 17.5. The van der Waals surface area contributed by atoms with Crippen LogP contribution in [-0.2, 0) is 9.59 Å². The molecule has 0 heterocycles. The number of carbonyl (C=O) groups excluding carboxylic acids is 2. The number of amides is 1. The largest absolute Gasteiger partial charge is 0.393 e. The van der Waals surface area contributed by atoms with Gasteiger partial charge >= 0.3 is 0 Å². The molecular formula is C23H33NO5. The predicted molar refractivity (Wildman–Crippen MR) is 108 cm³/mol. The van der Waals surface area contributed by atoms with Crippen LogP contribution in [0.15, 0.2) is 23.8 Å². The lowest BCUT2D eigenvalue weighted by Crippen LogP contribution is -2.64. The van der Waals surface area contributed by atoms with Crippen LogP contribution in [0, 0.1) is 28.6 Å². The van der Waals surface area contributed by atoms with Gasteiger partial charge in [-0.1, -0.05) is 25.5 Å². The van der Waals surface area contributed by atoms with Gasteiger partial charge in [0, 0.05) is 23.3 Å². The van der Waals surface area contributed by atoms with Gasteiger partial charge in [0.1, 0.15) is 5.60 Å². The van der Waals surface area contributed by atoms with Gasteiger partial charge in [-0.2, -0.15) is 0 Å². The summed E-state index contributed by atoms with van der Waals surface area (Å²) in [6, 6.07) is 0. The second-order valence-corrected chi connectivity index (χ2v) is 9.97. The molecule has 0 aromatic heterocycles. The molecule has 0 aromatic rings. The van der Waals surface area contributed by atoms with E-state index in [9.17, 15) is 24.9 Å². The highest BCUT2D eigenvalue weighted by atomic mass is 16.4. The van der Waals surface area contributed by atoms with Crippen LogP contribution in [0.2, 0.25) is 0 Å². The highest BCUT2D eigenvalue weighted by Crippen LogP contribution is 2.67. The SMILES string of the molecule is CCNC(=O)C(O)[C@@]1(O)CCC2[C@@H]3CCC4=CC(=O)C=C[C@]4(C)C3[C@@H](O)C[C@@]21C. The number of hydrogen-bond acceptors (Lipinski definition) is 5. The summed E-state index contributed by atoms with van der Waals surface area (Å²) in [6.07, 6.45) is 6.13. The van der Waals surface area contributed by atoms with Crippen molar-refractivity contribution in [3.8, 4) is 0 Å². The molecule has 6 nitrogen and oxygen atoms in total. The summed E-state index contributed by atoms with van der Waals surface area (Å²) in [4.78, 5) is 24.2. The summed E-state index contributed by atoms with van der Waals surface area (Å²) >= 11 is 0. The highest BCUT2D eigenvalue weighted by molar-refractivity contribution is 6.01. The van der Waals surface area contributed by atoms with Crippen LogP contribution < -0.4 is 5.32 Å². The van der Waals surface area contributed by atoms with Gasteiger partial charge in [-0.3, -0.25) is 9.59 Å². The van der Waals surface area contributed by atoms with Gasteiger partial charge < -0.3 is 20.6 Å². The van der Waals surface area contributed by atoms with Crippen molar-refractivity contribution < 1.29 is 24.9 Å². The first-order valence-corrected chi connectivity index (χ1v) is 10.9. The van der Waals surface area contributed by atoms with Gasteiger partial charge in [-0.05, 0) is 63.0 Å². The molecule has 4 rings (SSSR count). The molecule has 0 aliphatic heterocycles. The minimum atomic E-state index is -1.56. The Kier molecular flexibility index (Phi) is 4.84. The molecule has 3 fully saturated rings. The molecule has 29 heavy (non-hydrogen) atoms. The lowest BCUT2D eigenvalue weighted by atomic mass is 9.46. The average Bonchev–Trinajstić information content (AvgIpc) is 2.93. The fraction of sp³-hybridized carbons (Fsp3) is 0.739. The zero-order chi connectivity index (χ0) is 21.2. The van der Waals surface area contributed by atoms with Gasteiger partial charge in [0.05, 0.1) is 6.10 Å². The van der Waals surface area contributed by atoms with Crippen molar-refractivity contribution in [3.05, 3.63) is 23.8 Å². The Morgan fingerprint density at radius 1 is 1.34 bits per heavy atom. The van der Waals surface area contributed by atoms with Crippen molar-refractivity contribution in [1.29, 1.82) is 0 Å². The number of rotatable bonds is 3. The number of nitrogens with one attached hydrogen (secondary N) is 1. The second-order valence-electron chi connectivity index (χ2n) is 9.97. The summed E-state index contributed by atoms with van der Waals surface area (Å²) < 4.78 is 0. The minimum Gasteiger partial charge on any atom is -0.393 e. The number of ketones is 1. The van der Waals surface area contributed by atoms with Crippen molar-refractivity contribution in [2.45, 2.75) is 70.7 Å². The Labute approximate surface area is 172 Å². The highest BCUT2D eigenvalue weighted by Gasteiger charge is 2.68.